The molecule has 0 aliphatic carbocycles. The van der Waals surface area contributed by atoms with Gasteiger partial charge in [-0.3, -0.25) is 19.8 Å². The number of amides is 2. The number of rotatable bonds is 5. The van der Waals surface area contributed by atoms with Crippen molar-refractivity contribution in [3.63, 3.8) is 0 Å². The number of nitrogens with zero attached hydrogens (tertiary/aromatic N) is 3. The Bertz CT molecular complexity index is 791. The first-order chi connectivity index (χ1) is 12.4. The largest absolute Gasteiger partial charge is 0.348 e. The summed E-state index contributed by atoms with van der Waals surface area (Å²) in [5, 5.41) is 5.41. The van der Waals surface area contributed by atoms with E-state index < -0.39 is 0 Å². The lowest BCUT2D eigenvalue weighted by atomic mass is 10.1. The van der Waals surface area contributed by atoms with Crippen molar-refractivity contribution in [1.82, 2.24) is 14.8 Å². The van der Waals surface area contributed by atoms with Crippen LogP contribution in [0.5, 0.6) is 0 Å². The summed E-state index contributed by atoms with van der Waals surface area (Å²) in [5.41, 5.74) is 1.51. The molecule has 3 rings (SSSR count). The highest BCUT2D eigenvalue weighted by Gasteiger charge is 2.29. The van der Waals surface area contributed by atoms with Crippen molar-refractivity contribution < 1.29 is 9.59 Å². The predicted octanol–water partition coefficient (Wildman–Crippen LogP) is 3.38. The molecule has 1 aliphatic heterocycles. The van der Waals surface area contributed by atoms with E-state index in [1.54, 1.807) is 31.1 Å². The zero-order valence-electron chi connectivity index (χ0n) is 14.7. The van der Waals surface area contributed by atoms with Crippen LogP contribution in [0.4, 0.5) is 5.13 Å². The standard InChI is InChI=1S/C18H21BrN4O2S/c1-22(2)16(24)10-23-9-3-4-15(23)14-11-26-18(20-14)21-17(25)12-5-7-13(19)8-6-12/h5-8,11,15H,3-4,9-10H2,1-2H3,(H,20,21,25)/t15-/m0/s1. The van der Waals surface area contributed by atoms with Gasteiger partial charge in [-0.05, 0) is 43.7 Å². The Balaban J connectivity index is 1.66. The lowest BCUT2D eigenvalue weighted by molar-refractivity contribution is -0.130. The SMILES string of the molecule is CN(C)C(=O)CN1CCC[C@H]1c1csc(NC(=O)c2ccc(Br)cc2)n1. The van der Waals surface area contributed by atoms with Crippen LogP contribution in [0.15, 0.2) is 34.1 Å². The Morgan fingerprint density at radius 1 is 1.35 bits per heavy atom. The van der Waals surface area contributed by atoms with Crippen molar-refractivity contribution in [2.24, 2.45) is 0 Å². The van der Waals surface area contributed by atoms with Gasteiger partial charge in [0.25, 0.3) is 5.91 Å². The Morgan fingerprint density at radius 3 is 2.77 bits per heavy atom. The molecule has 138 valence electrons. The molecule has 0 saturated carbocycles. The third-order valence-corrected chi connectivity index (χ3v) is 5.70. The normalized spacial score (nSPS) is 17.3. The van der Waals surface area contributed by atoms with E-state index in [-0.39, 0.29) is 17.9 Å². The number of hydrogen-bond donors (Lipinski definition) is 1. The Labute approximate surface area is 165 Å². The second-order valence-electron chi connectivity index (χ2n) is 6.46. The lowest BCUT2D eigenvalue weighted by Gasteiger charge is -2.23. The molecule has 0 radical (unpaired) electrons. The minimum absolute atomic E-state index is 0.0934. The fraction of sp³-hybridized carbons (Fsp3) is 0.389. The maximum absolute atomic E-state index is 12.3. The molecule has 0 bridgehead atoms. The molecule has 6 nitrogen and oxygen atoms in total. The molecular weight excluding hydrogens is 416 g/mol. The summed E-state index contributed by atoms with van der Waals surface area (Å²) < 4.78 is 0.930. The van der Waals surface area contributed by atoms with E-state index in [0.29, 0.717) is 17.2 Å². The van der Waals surface area contributed by atoms with Crippen LogP contribution in [0.1, 0.15) is 34.9 Å². The molecule has 0 spiro atoms. The average molecular weight is 437 g/mol. The second-order valence-corrected chi connectivity index (χ2v) is 8.23. The van der Waals surface area contributed by atoms with E-state index in [0.717, 1.165) is 29.6 Å². The van der Waals surface area contributed by atoms with Crippen LogP contribution < -0.4 is 5.32 Å². The number of anilines is 1. The number of likely N-dealkylation sites (tertiary alicyclic amines) is 1. The minimum Gasteiger partial charge on any atom is -0.348 e. The van der Waals surface area contributed by atoms with Crippen LogP contribution in [-0.2, 0) is 4.79 Å². The molecule has 1 atom stereocenters. The second kappa shape index (κ2) is 8.28. The maximum atomic E-state index is 12.3. The molecule has 1 aliphatic rings. The molecule has 1 aromatic heterocycles. The van der Waals surface area contributed by atoms with Crippen molar-refractivity contribution in [3.05, 3.63) is 45.4 Å². The van der Waals surface area contributed by atoms with Crippen LogP contribution in [-0.4, -0.2) is 53.8 Å². The number of benzene rings is 1. The summed E-state index contributed by atoms with van der Waals surface area (Å²) in [6, 6.07) is 7.33. The zero-order chi connectivity index (χ0) is 18.7. The van der Waals surface area contributed by atoms with Gasteiger partial charge in [-0.15, -0.1) is 11.3 Å². The number of halogens is 1. The van der Waals surface area contributed by atoms with Crippen molar-refractivity contribution in [2.45, 2.75) is 18.9 Å². The number of carbonyl (C=O) groups excluding carboxylic acids is 2. The van der Waals surface area contributed by atoms with Gasteiger partial charge in [-0.1, -0.05) is 15.9 Å². The van der Waals surface area contributed by atoms with Crippen molar-refractivity contribution in [2.75, 3.05) is 32.5 Å². The summed E-state index contributed by atoms with van der Waals surface area (Å²) in [5.74, 6) is -0.0830. The topological polar surface area (TPSA) is 65.5 Å². The van der Waals surface area contributed by atoms with Crippen LogP contribution in [0.3, 0.4) is 0 Å². The van der Waals surface area contributed by atoms with Crippen molar-refractivity contribution in [3.8, 4) is 0 Å². The number of aromatic nitrogens is 1. The number of likely N-dealkylation sites (N-methyl/N-ethyl adjacent to an activating group) is 1. The van der Waals surface area contributed by atoms with Gasteiger partial charge in [0.2, 0.25) is 5.91 Å². The summed E-state index contributed by atoms with van der Waals surface area (Å²) >= 11 is 4.78. The first kappa shape index (κ1) is 19.0. The molecule has 26 heavy (non-hydrogen) atoms. The third kappa shape index (κ3) is 4.49. The molecule has 1 saturated heterocycles. The monoisotopic (exact) mass is 436 g/mol. The molecule has 8 heteroatoms. The molecule has 1 N–H and O–H groups in total. The van der Waals surface area contributed by atoms with Gasteiger partial charge < -0.3 is 4.90 Å². The Morgan fingerprint density at radius 2 is 2.08 bits per heavy atom. The van der Waals surface area contributed by atoms with E-state index in [9.17, 15) is 9.59 Å². The number of nitrogens with one attached hydrogen (secondary N) is 1. The quantitative estimate of drug-likeness (QED) is 0.779. The highest BCUT2D eigenvalue weighted by atomic mass is 79.9. The molecular formula is C18H21BrN4O2S. The van der Waals surface area contributed by atoms with Crippen LogP contribution in [0.25, 0.3) is 0 Å². The van der Waals surface area contributed by atoms with E-state index in [1.165, 1.54) is 11.3 Å². The Hall–Kier alpha value is -1.77. The minimum atomic E-state index is -0.176. The smallest absolute Gasteiger partial charge is 0.257 e. The number of hydrogen-bond acceptors (Lipinski definition) is 5. The highest BCUT2D eigenvalue weighted by Crippen LogP contribution is 2.33. The van der Waals surface area contributed by atoms with Gasteiger partial charge in [0.1, 0.15) is 0 Å². The van der Waals surface area contributed by atoms with Crippen molar-refractivity contribution in [1.29, 1.82) is 0 Å². The van der Waals surface area contributed by atoms with E-state index in [1.807, 2.05) is 17.5 Å². The summed E-state index contributed by atoms with van der Waals surface area (Å²) in [6.45, 7) is 1.29. The average Bonchev–Trinajstić information content (AvgIpc) is 3.24. The van der Waals surface area contributed by atoms with Gasteiger partial charge >= 0.3 is 0 Å². The molecule has 2 aromatic rings. The van der Waals surface area contributed by atoms with Crippen LogP contribution in [0, 0.1) is 0 Å². The van der Waals surface area contributed by atoms with E-state index >= 15 is 0 Å². The molecule has 2 heterocycles. The summed E-state index contributed by atoms with van der Waals surface area (Å²) in [4.78, 5) is 32.7. The molecule has 1 aromatic carbocycles. The lowest BCUT2D eigenvalue weighted by Crippen LogP contribution is -2.36. The fourth-order valence-corrected chi connectivity index (χ4v) is 3.95. The fourth-order valence-electron chi connectivity index (χ4n) is 2.93. The van der Waals surface area contributed by atoms with E-state index in [2.05, 4.69) is 31.1 Å². The summed E-state index contributed by atoms with van der Waals surface area (Å²) in [6.07, 6.45) is 2.02. The van der Waals surface area contributed by atoms with Crippen LogP contribution in [0.2, 0.25) is 0 Å². The molecule has 0 unspecified atom stereocenters. The molecule has 2 amide bonds. The zero-order valence-corrected chi connectivity index (χ0v) is 17.1. The van der Waals surface area contributed by atoms with Crippen molar-refractivity contribution >= 4 is 44.2 Å². The van der Waals surface area contributed by atoms with E-state index in [4.69, 9.17) is 0 Å². The predicted molar refractivity (Wildman–Crippen MR) is 106 cm³/mol. The number of carbonyl (C=O) groups is 2. The van der Waals surface area contributed by atoms with Crippen LogP contribution >= 0.6 is 27.3 Å². The maximum Gasteiger partial charge on any atom is 0.257 e. The summed E-state index contributed by atoms with van der Waals surface area (Å²) in [7, 11) is 3.54. The Kier molecular flexibility index (Phi) is 6.05. The van der Waals surface area contributed by atoms with Gasteiger partial charge in [0.15, 0.2) is 5.13 Å². The highest BCUT2D eigenvalue weighted by molar-refractivity contribution is 9.10. The first-order valence-corrected chi connectivity index (χ1v) is 10.1. The first-order valence-electron chi connectivity index (χ1n) is 8.40. The van der Waals surface area contributed by atoms with Gasteiger partial charge in [-0.25, -0.2) is 4.98 Å². The number of thiazole rings is 1. The van der Waals surface area contributed by atoms with Gasteiger partial charge in [0.05, 0.1) is 18.3 Å². The molecule has 1 fully saturated rings. The van der Waals surface area contributed by atoms with Gasteiger partial charge in [0, 0.05) is 29.5 Å². The third-order valence-electron chi connectivity index (χ3n) is 4.39. The van der Waals surface area contributed by atoms with Gasteiger partial charge in [-0.2, -0.15) is 0 Å².